The van der Waals surface area contributed by atoms with Crippen molar-refractivity contribution in [3.63, 3.8) is 0 Å². The minimum absolute atomic E-state index is 0.645. The maximum Gasteiger partial charge on any atom is 0.131 e. The summed E-state index contributed by atoms with van der Waals surface area (Å²) in [5.74, 6) is 1.76. The maximum atomic E-state index is 5.02. The SMILES string of the molecule is CCN(CC(C)C)c1ncc(CNCCOC)cc1C. The molecular weight excluding hydrogens is 250 g/mol. The molecule has 0 radical (unpaired) electrons. The number of aromatic nitrogens is 1. The highest BCUT2D eigenvalue weighted by molar-refractivity contribution is 5.47. The highest BCUT2D eigenvalue weighted by Crippen LogP contribution is 2.19. The van der Waals surface area contributed by atoms with Crippen LogP contribution in [0.25, 0.3) is 0 Å². The zero-order chi connectivity index (χ0) is 15.0. The van der Waals surface area contributed by atoms with Crippen molar-refractivity contribution in [1.29, 1.82) is 0 Å². The van der Waals surface area contributed by atoms with Crippen molar-refractivity contribution in [2.45, 2.75) is 34.2 Å². The number of hydrogen-bond donors (Lipinski definition) is 1. The van der Waals surface area contributed by atoms with Gasteiger partial charge >= 0.3 is 0 Å². The molecule has 1 aromatic rings. The first-order valence-corrected chi connectivity index (χ1v) is 7.48. The average molecular weight is 279 g/mol. The Labute approximate surface area is 123 Å². The van der Waals surface area contributed by atoms with Gasteiger partial charge in [0.25, 0.3) is 0 Å². The molecule has 1 aromatic heterocycles. The first kappa shape index (κ1) is 16.9. The Morgan fingerprint density at radius 1 is 1.40 bits per heavy atom. The van der Waals surface area contributed by atoms with Crippen LogP contribution >= 0.6 is 0 Å². The van der Waals surface area contributed by atoms with E-state index < -0.39 is 0 Å². The van der Waals surface area contributed by atoms with Crippen molar-refractivity contribution in [3.8, 4) is 0 Å². The zero-order valence-corrected chi connectivity index (χ0v) is 13.6. The molecule has 4 heteroatoms. The van der Waals surface area contributed by atoms with Gasteiger partial charge in [0.2, 0.25) is 0 Å². The summed E-state index contributed by atoms with van der Waals surface area (Å²) in [6.07, 6.45) is 1.98. The molecule has 0 aliphatic rings. The topological polar surface area (TPSA) is 37.4 Å². The quantitative estimate of drug-likeness (QED) is 0.705. The summed E-state index contributed by atoms with van der Waals surface area (Å²) >= 11 is 0. The summed E-state index contributed by atoms with van der Waals surface area (Å²) in [5.41, 5.74) is 2.47. The number of methoxy groups -OCH3 is 1. The van der Waals surface area contributed by atoms with Crippen LogP contribution in [0.5, 0.6) is 0 Å². The van der Waals surface area contributed by atoms with Crippen molar-refractivity contribution in [1.82, 2.24) is 10.3 Å². The average Bonchev–Trinajstić information content (AvgIpc) is 2.41. The lowest BCUT2D eigenvalue weighted by atomic mass is 10.1. The molecule has 0 spiro atoms. The molecule has 1 heterocycles. The Kier molecular flexibility index (Phi) is 7.55. The Bertz CT molecular complexity index is 393. The van der Waals surface area contributed by atoms with Crippen molar-refractivity contribution >= 4 is 5.82 Å². The molecule has 1 rings (SSSR count). The number of nitrogens with zero attached hydrogens (tertiary/aromatic N) is 2. The smallest absolute Gasteiger partial charge is 0.131 e. The second-order valence-electron chi connectivity index (χ2n) is 5.59. The van der Waals surface area contributed by atoms with Gasteiger partial charge in [-0.15, -0.1) is 0 Å². The molecule has 0 aliphatic heterocycles. The molecule has 0 saturated heterocycles. The molecule has 0 saturated carbocycles. The molecule has 0 aliphatic carbocycles. The van der Waals surface area contributed by atoms with Gasteiger partial charge in [0.05, 0.1) is 6.61 Å². The van der Waals surface area contributed by atoms with Crippen LogP contribution < -0.4 is 10.2 Å². The number of ether oxygens (including phenoxy) is 1. The lowest BCUT2D eigenvalue weighted by molar-refractivity contribution is 0.199. The predicted molar refractivity (Wildman–Crippen MR) is 85.3 cm³/mol. The van der Waals surface area contributed by atoms with Crippen molar-refractivity contribution < 1.29 is 4.74 Å². The summed E-state index contributed by atoms with van der Waals surface area (Å²) in [6.45, 7) is 13.3. The van der Waals surface area contributed by atoms with Gasteiger partial charge in [-0.25, -0.2) is 4.98 Å². The third kappa shape index (κ3) is 5.47. The van der Waals surface area contributed by atoms with E-state index in [4.69, 9.17) is 4.74 Å². The van der Waals surface area contributed by atoms with E-state index in [-0.39, 0.29) is 0 Å². The number of aryl methyl sites for hydroxylation is 1. The van der Waals surface area contributed by atoms with Gasteiger partial charge in [0, 0.05) is 39.5 Å². The van der Waals surface area contributed by atoms with Gasteiger partial charge in [-0.3, -0.25) is 0 Å². The van der Waals surface area contributed by atoms with Gasteiger partial charge in [0.1, 0.15) is 5.82 Å². The second-order valence-corrected chi connectivity index (χ2v) is 5.59. The highest BCUT2D eigenvalue weighted by Gasteiger charge is 2.11. The standard InChI is InChI=1S/C16H29N3O/c1-6-19(12-13(2)3)16-14(4)9-15(11-18-16)10-17-7-8-20-5/h9,11,13,17H,6-8,10,12H2,1-5H3. The number of nitrogens with one attached hydrogen (secondary N) is 1. The lowest BCUT2D eigenvalue weighted by Gasteiger charge is -2.25. The van der Waals surface area contributed by atoms with Gasteiger partial charge < -0.3 is 15.0 Å². The van der Waals surface area contributed by atoms with Crippen molar-refractivity contribution in [2.24, 2.45) is 5.92 Å². The van der Waals surface area contributed by atoms with Crippen LogP contribution in [0.15, 0.2) is 12.3 Å². The van der Waals surface area contributed by atoms with Crippen molar-refractivity contribution in [2.75, 3.05) is 38.3 Å². The third-order valence-electron chi connectivity index (χ3n) is 3.19. The van der Waals surface area contributed by atoms with E-state index in [0.29, 0.717) is 5.92 Å². The molecule has 0 fully saturated rings. The highest BCUT2D eigenvalue weighted by atomic mass is 16.5. The zero-order valence-electron chi connectivity index (χ0n) is 13.6. The van der Waals surface area contributed by atoms with Gasteiger partial charge in [-0.2, -0.15) is 0 Å². The van der Waals surface area contributed by atoms with Gasteiger partial charge in [-0.05, 0) is 37.0 Å². The summed E-state index contributed by atoms with van der Waals surface area (Å²) in [5, 5.41) is 3.35. The Balaban J connectivity index is 2.66. The lowest BCUT2D eigenvalue weighted by Crippen LogP contribution is -2.29. The number of rotatable bonds is 9. The minimum Gasteiger partial charge on any atom is -0.383 e. The van der Waals surface area contributed by atoms with E-state index in [9.17, 15) is 0 Å². The monoisotopic (exact) mass is 279 g/mol. The molecular formula is C16H29N3O. The van der Waals surface area contributed by atoms with Crippen LogP contribution in [0.3, 0.4) is 0 Å². The Morgan fingerprint density at radius 2 is 2.15 bits per heavy atom. The molecule has 20 heavy (non-hydrogen) atoms. The third-order valence-corrected chi connectivity index (χ3v) is 3.19. The van der Waals surface area contributed by atoms with E-state index in [2.05, 4.69) is 49.0 Å². The fraction of sp³-hybridized carbons (Fsp3) is 0.688. The summed E-state index contributed by atoms with van der Waals surface area (Å²) in [4.78, 5) is 7.01. The van der Waals surface area contributed by atoms with Crippen LogP contribution in [-0.4, -0.2) is 38.3 Å². The van der Waals surface area contributed by atoms with Crippen LogP contribution in [0, 0.1) is 12.8 Å². The summed E-state index contributed by atoms with van der Waals surface area (Å²) in [6, 6.07) is 2.23. The van der Waals surface area contributed by atoms with Gasteiger partial charge in [-0.1, -0.05) is 13.8 Å². The molecule has 1 N–H and O–H groups in total. The normalized spacial score (nSPS) is 11.1. The molecule has 0 bridgehead atoms. The van der Waals surface area contributed by atoms with Crippen LogP contribution in [-0.2, 0) is 11.3 Å². The van der Waals surface area contributed by atoms with Gasteiger partial charge in [0.15, 0.2) is 0 Å². The van der Waals surface area contributed by atoms with E-state index in [1.807, 2.05) is 6.20 Å². The molecule has 0 amide bonds. The Morgan fingerprint density at radius 3 is 2.70 bits per heavy atom. The van der Waals surface area contributed by atoms with E-state index >= 15 is 0 Å². The predicted octanol–water partition coefficient (Wildman–Crippen LogP) is 2.61. The number of hydrogen-bond acceptors (Lipinski definition) is 4. The molecule has 0 unspecified atom stereocenters. The Hall–Kier alpha value is -1.13. The van der Waals surface area contributed by atoms with E-state index in [1.54, 1.807) is 7.11 Å². The number of pyridine rings is 1. The fourth-order valence-corrected chi connectivity index (χ4v) is 2.27. The molecule has 0 aromatic carbocycles. The van der Waals surface area contributed by atoms with E-state index in [1.165, 1.54) is 11.1 Å². The first-order valence-electron chi connectivity index (χ1n) is 7.48. The minimum atomic E-state index is 0.645. The molecule has 4 nitrogen and oxygen atoms in total. The fourth-order valence-electron chi connectivity index (χ4n) is 2.27. The molecule has 114 valence electrons. The first-order chi connectivity index (χ1) is 9.58. The van der Waals surface area contributed by atoms with Crippen LogP contribution in [0.2, 0.25) is 0 Å². The maximum absolute atomic E-state index is 5.02. The summed E-state index contributed by atoms with van der Waals surface area (Å²) < 4.78 is 5.02. The molecule has 0 atom stereocenters. The summed E-state index contributed by atoms with van der Waals surface area (Å²) in [7, 11) is 1.72. The van der Waals surface area contributed by atoms with Crippen LogP contribution in [0.4, 0.5) is 5.82 Å². The number of anilines is 1. The second kappa shape index (κ2) is 8.93. The largest absolute Gasteiger partial charge is 0.383 e. The van der Waals surface area contributed by atoms with Crippen LogP contribution in [0.1, 0.15) is 31.9 Å². The van der Waals surface area contributed by atoms with E-state index in [0.717, 1.165) is 38.6 Å². The van der Waals surface area contributed by atoms with Crippen molar-refractivity contribution in [3.05, 3.63) is 23.4 Å².